The van der Waals surface area contributed by atoms with Crippen LogP contribution in [0.4, 0.5) is 5.69 Å². The van der Waals surface area contributed by atoms with Gasteiger partial charge in [-0.2, -0.15) is 4.98 Å². The molecule has 8 nitrogen and oxygen atoms in total. The van der Waals surface area contributed by atoms with Crippen LogP contribution in [0.1, 0.15) is 5.89 Å². The summed E-state index contributed by atoms with van der Waals surface area (Å²) in [5, 5.41) is 3.94. The third kappa shape index (κ3) is 4.06. The Labute approximate surface area is 162 Å². The normalized spacial score (nSPS) is 10.4. The van der Waals surface area contributed by atoms with Crippen LogP contribution >= 0.6 is 0 Å². The van der Waals surface area contributed by atoms with Crippen LogP contribution in [-0.2, 0) is 11.2 Å². The van der Waals surface area contributed by atoms with E-state index in [1.165, 1.54) is 12.0 Å². The lowest BCUT2D eigenvalue weighted by Crippen LogP contribution is -2.28. The topological polar surface area (TPSA) is 86.9 Å². The molecule has 0 unspecified atom stereocenters. The van der Waals surface area contributed by atoms with E-state index in [0.29, 0.717) is 23.0 Å². The first-order valence-electron chi connectivity index (χ1n) is 8.51. The number of anilines is 1. The second-order valence-corrected chi connectivity index (χ2v) is 5.91. The van der Waals surface area contributed by atoms with E-state index in [-0.39, 0.29) is 18.2 Å². The fourth-order valence-corrected chi connectivity index (χ4v) is 2.63. The van der Waals surface area contributed by atoms with Gasteiger partial charge in [-0.05, 0) is 36.4 Å². The van der Waals surface area contributed by atoms with Gasteiger partial charge in [0.05, 0.1) is 27.0 Å². The molecule has 8 heteroatoms. The minimum absolute atomic E-state index is 0.0329. The second kappa shape index (κ2) is 8.43. The van der Waals surface area contributed by atoms with E-state index < -0.39 is 0 Å². The highest BCUT2D eigenvalue weighted by Crippen LogP contribution is 2.32. The molecule has 28 heavy (non-hydrogen) atoms. The molecule has 0 saturated heterocycles. The first-order chi connectivity index (χ1) is 13.5. The summed E-state index contributed by atoms with van der Waals surface area (Å²) in [5.41, 5.74) is 1.39. The van der Waals surface area contributed by atoms with Gasteiger partial charge in [0.1, 0.15) is 23.7 Å². The Balaban J connectivity index is 1.73. The van der Waals surface area contributed by atoms with Gasteiger partial charge in [0.15, 0.2) is 0 Å². The standard InChI is InChI=1S/C20H21N3O5/c1-23(16-10-9-15(26-3)11-17(16)27-4)19(24)12-18-21-20(22-28-18)13-5-7-14(25-2)8-6-13/h5-11H,12H2,1-4H3. The average molecular weight is 383 g/mol. The van der Waals surface area contributed by atoms with Crippen molar-refractivity contribution >= 4 is 11.6 Å². The Morgan fingerprint density at radius 3 is 2.32 bits per heavy atom. The van der Waals surface area contributed by atoms with E-state index in [0.717, 1.165) is 11.3 Å². The Kier molecular flexibility index (Phi) is 5.78. The lowest BCUT2D eigenvalue weighted by Gasteiger charge is -2.19. The van der Waals surface area contributed by atoms with Gasteiger partial charge in [0, 0.05) is 18.7 Å². The van der Waals surface area contributed by atoms with Crippen molar-refractivity contribution in [2.45, 2.75) is 6.42 Å². The minimum Gasteiger partial charge on any atom is -0.497 e. The van der Waals surface area contributed by atoms with E-state index in [2.05, 4.69) is 10.1 Å². The smallest absolute Gasteiger partial charge is 0.236 e. The number of nitrogens with zero attached hydrogens (tertiary/aromatic N) is 3. The van der Waals surface area contributed by atoms with E-state index in [4.69, 9.17) is 18.7 Å². The monoisotopic (exact) mass is 383 g/mol. The van der Waals surface area contributed by atoms with Gasteiger partial charge in [-0.15, -0.1) is 0 Å². The molecule has 0 bridgehead atoms. The van der Waals surface area contributed by atoms with Crippen LogP contribution < -0.4 is 19.1 Å². The van der Waals surface area contributed by atoms with Crippen LogP contribution in [0.3, 0.4) is 0 Å². The van der Waals surface area contributed by atoms with Crippen LogP contribution in [0.5, 0.6) is 17.2 Å². The number of likely N-dealkylation sites (N-methyl/N-ethyl adjacent to an activating group) is 1. The highest BCUT2D eigenvalue weighted by molar-refractivity contribution is 5.95. The lowest BCUT2D eigenvalue weighted by molar-refractivity contribution is -0.118. The Morgan fingerprint density at radius 1 is 1.00 bits per heavy atom. The van der Waals surface area contributed by atoms with Crippen molar-refractivity contribution in [3.05, 3.63) is 48.4 Å². The number of hydrogen-bond donors (Lipinski definition) is 0. The zero-order chi connectivity index (χ0) is 20.1. The summed E-state index contributed by atoms with van der Waals surface area (Å²) in [6.07, 6.45) is -0.0329. The number of aromatic nitrogens is 2. The first-order valence-corrected chi connectivity index (χ1v) is 8.51. The first kappa shape index (κ1) is 19.2. The van der Waals surface area contributed by atoms with Crippen LogP contribution in [0.25, 0.3) is 11.4 Å². The number of rotatable bonds is 7. The predicted molar refractivity (Wildman–Crippen MR) is 103 cm³/mol. The maximum Gasteiger partial charge on any atom is 0.236 e. The van der Waals surface area contributed by atoms with Gasteiger partial charge in [-0.1, -0.05) is 5.16 Å². The van der Waals surface area contributed by atoms with E-state index in [9.17, 15) is 4.79 Å². The summed E-state index contributed by atoms with van der Waals surface area (Å²) >= 11 is 0. The molecule has 0 N–H and O–H groups in total. The van der Waals surface area contributed by atoms with Crippen LogP contribution in [0, 0.1) is 0 Å². The zero-order valence-electron chi connectivity index (χ0n) is 16.1. The molecular weight excluding hydrogens is 362 g/mol. The average Bonchev–Trinajstić information content (AvgIpc) is 3.21. The van der Waals surface area contributed by atoms with Crippen molar-refractivity contribution in [1.82, 2.24) is 10.1 Å². The van der Waals surface area contributed by atoms with Crippen LogP contribution in [0.2, 0.25) is 0 Å². The third-order valence-corrected chi connectivity index (χ3v) is 4.24. The summed E-state index contributed by atoms with van der Waals surface area (Å²) < 4.78 is 20.9. The molecule has 0 aliphatic heterocycles. The van der Waals surface area contributed by atoms with Crippen molar-refractivity contribution in [2.75, 3.05) is 33.3 Å². The molecule has 0 saturated carbocycles. The third-order valence-electron chi connectivity index (χ3n) is 4.24. The molecule has 1 amide bonds. The number of methoxy groups -OCH3 is 3. The molecule has 0 atom stereocenters. The number of hydrogen-bond acceptors (Lipinski definition) is 7. The quantitative estimate of drug-likeness (QED) is 0.620. The van der Waals surface area contributed by atoms with Gasteiger partial charge in [-0.25, -0.2) is 0 Å². The number of amides is 1. The van der Waals surface area contributed by atoms with Gasteiger partial charge in [-0.3, -0.25) is 4.79 Å². The second-order valence-electron chi connectivity index (χ2n) is 5.91. The molecule has 3 aromatic rings. The Bertz CT molecular complexity index is 953. The Hall–Kier alpha value is -3.55. The van der Waals surface area contributed by atoms with Crippen molar-refractivity contribution in [3.63, 3.8) is 0 Å². The van der Waals surface area contributed by atoms with E-state index >= 15 is 0 Å². The highest BCUT2D eigenvalue weighted by atomic mass is 16.5. The molecule has 1 heterocycles. The molecule has 0 fully saturated rings. The van der Waals surface area contributed by atoms with Gasteiger partial charge < -0.3 is 23.6 Å². The number of benzene rings is 2. The molecule has 0 aliphatic rings. The molecule has 146 valence electrons. The number of ether oxygens (including phenoxy) is 3. The van der Waals surface area contributed by atoms with Gasteiger partial charge >= 0.3 is 0 Å². The van der Waals surface area contributed by atoms with Crippen molar-refractivity contribution < 1.29 is 23.5 Å². The summed E-state index contributed by atoms with van der Waals surface area (Å²) in [6, 6.07) is 12.5. The number of carbonyl (C=O) groups excluding carboxylic acids is 1. The molecule has 0 spiro atoms. The molecule has 0 radical (unpaired) electrons. The summed E-state index contributed by atoms with van der Waals surface area (Å²) in [6.45, 7) is 0. The summed E-state index contributed by atoms with van der Waals surface area (Å²) in [7, 11) is 6.36. The minimum atomic E-state index is -0.214. The molecule has 1 aromatic heterocycles. The number of carbonyl (C=O) groups is 1. The van der Waals surface area contributed by atoms with Crippen molar-refractivity contribution in [3.8, 4) is 28.6 Å². The molecular formula is C20H21N3O5. The largest absolute Gasteiger partial charge is 0.497 e. The maximum absolute atomic E-state index is 12.7. The predicted octanol–water partition coefficient (Wildman–Crippen LogP) is 2.97. The van der Waals surface area contributed by atoms with E-state index in [1.54, 1.807) is 51.6 Å². The van der Waals surface area contributed by atoms with Gasteiger partial charge in [0.2, 0.25) is 17.6 Å². The fraction of sp³-hybridized carbons (Fsp3) is 0.250. The van der Waals surface area contributed by atoms with Crippen molar-refractivity contribution in [2.24, 2.45) is 0 Å². The Morgan fingerprint density at radius 2 is 1.68 bits per heavy atom. The highest BCUT2D eigenvalue weighted by Gasteiger charge is 2.19. The zero-order valence-corrected chi connectivity index (χ0v) is 16.1. The fourth-order valence-electron chi connectivity index (χ4n) is 2.63. The van der Waals surface area contributed by atoms with Crippen molar-refractivity contribution in [1.29, 1.82) is 0 Å². The molecule has 0 aliphatic carbocycles. The van der Waals surface area contributed by atoms with Gasteiger partial charge in [0.25, 0.3) is 0 Å². The van der Waals surface area contributed by atoms with Crippen LogP contribution in [-0.4, -0.2) is 44.4 Å². The lowest BCUT2D eigenvalue weighted by atomic mass is 10.2. The molecule has 3 rings (SSSR count). The van der Waals surface area contributed by atoms with Crippen LogP contribution in [0.15, 0.2) is 47.0 Å². The summed E-state index contributed by atoms with van der Waals surface area (Å²) in [4.78, 5) is 18.4. The van der Waals surface area contributed by atoms with E-state index in [1.807, 2.05) is 12.1 Å². The SMILES string of the molecule is COc1ccc(-c2noc(CC(=O)N(C)c3ccc(OC)cc3OC)n2)cc1. The summed E-state index contributed by atoms with van der Waals surface area (Å²) in [5.74, 6) is 2.33. The molecule has 2 aromatic carbocycles. The maximum atomic E-state index is 12.7.